The Morgan fingerprint density at radius 2 is 1.75 bits per heavy atom. The van der Waals surface area contributed by atoms with Gasteiger partial charge < -0.3 is 5.11 Å². The Balaban J connectivity index is 0.000000211. The third-order valence-corrected chi connectivity index (χ3v) is 2.07. The maximum Gasteiger partial charge on any atom is 0.0431 e. The Kier molecular flexibility index (Phi) is 10.4. The minimum Gasteiger partial charge on any atom is -0.396 e. The summed E-state index contributed by atoms with van der Waals surface area (Å²) in [5.74, 6) is 0. The van der Waals surface area contributed by atoms with Crippen LogP contribution in [0.1, 0.15) is 32.6 Å². The summed E-state index contributed by atoms with van der Waals surface area (Å²) in [5.41, 5.74) is 0. The second-order valence-electron chi connectivity index (χ2n) is 2.58. The lowest BCUT2D eigenvalue weighted by Gasteiger charge is -1.90. The topological polar surface area (TPSA) is 20.2 Å². The van der Waals surface area contributed by atoms with Crippen LogP contribution in [0, 0.1) is 0 Å². The normalized spacial score (nSPS) is 8.83. The first kappa shape index (κ1) is 11.7. The smallest absolute Gasteiger partial charge is 0.0431 e. The zero-order valence-corrected chi connectivity index (χ0v) is 8.52. The molecular weight excluding hydrogens is 168 g/mol. The number of rotatable bonds is 4. The summed E-state index contributed by atoms with van der Waals surface area (Å²) < 4.78 is 0. The van der Waals surface area contributed by atoms with Crippen LogP contribution >= 0.6 is 11.3 Å². The van der Waals surface area contributed by atoms with Gasteiger partial charge in [0.25, 0.3) is 0 Å². The highest BCUT2D eigenvalue weighted by atomic mass is 32.1. The van der Waals surface area contributed by atoms with Crippen LogP contribution in [0.25, 0.3) is 0 Å². The average Bonchev–Trinajstić information content (AvgIpc) is 2.62. The Bertz CT molecular complexity index is 116. The molecule has 1 heterocycles. The molecule has 0 aliphatic carbocycles. The van der Waals surface area contributed by atoms with Gasteiger partial charge in [0, 0.05) is 6.61 Å². The summed E-state index contributed by atoms with van der Waals surface area (Å²) in [6.45, 7) is 2.53. The third-order valence-electron chi connectivity index (χ3n) is 1.44. The largest absolute Gasteiger partial charge is 0.396 e. The van der Waals surface area contributed by atoms with Crippen LogP contribution in [0.2, 0.25) is 0 Å². The van der Waals surface area contributed by atoms with Gasteiger partial charge in [0.05, 0.1) is 0 Å². The molecule has 0 aromatic carbocycles. The van der Waals surface area contributed by atoms with E-state index in [-0.39, 0.29) is 0 Å². The van der Waals surface area contributed by atoms with Crippen LogP contribution < -0.4 is 0 Å². The Labute approximate surface area is 79.1 Å². The second-order valence-corrected chi connectivity index (χ2v) is 3.39. The van der Waals surface area contributed by atoms with E-state index in [1.54, 1.807) is 11.3 Å². The quantitative estimate of drug-likeness (QED) is 0.715. The number of aliphatic hydroxyl groups is 1. The fraction of sp³-hybridized carbons (Fsp3) is 0.600. The minimum absolute atomic E-state index is 0.361. The third kappa shape index (κ3) is 9.66. The molecule has 0 radical (unpaired) electrons. The zero-order valence-electron chi connectivity index (χ0n) is 7.70. The molecule has 0 unspecified atom stereocenters. The first-order valence-electron chi connectivity index (χ1n) is 4.49. The van der Waals surface area contributed by atoms with E-state index in [9.17, 15) is 0 Å². The van der Waals surface area contributed by atoms with Gasteiger partial charge in [0.2, 0.25) is 0 Å². The molecule has 0 atom stereocenters. The molecular formula is C10H18OS. The van der Waals surface area contributed by atoms with Crippen molar-refractivity contribution in [3.05, 3.63) is 22.9 Å². The zero-order chi connectivity index (χ0) is 9.07. The minimum atomic E-state index is 0.361. The molecule has 0 aliphatic rings. The van der Waals surface area contributed by atoms with Crippen molar-refractivity contribution in [1.82, 2.24) is 0 Å². The van der Waals surface area contributed by atoms with Gasteiger partial charge in [-0.3, -0.25) is 0 Å². The van der Waals surface area contributed by atoms with Crippen molar-refractivity contribution in [1.29, 1.82) is 0 Å². The second kappa shape index (κ2) is 10.7. The van der Waals surface area contributed by atoms with Crippen molar-refractivity contribution in [2.45, 2.75) is 32.6 Å². The van der Waals surface area contributed by atoms with Gasteiger partial charge >= 0.3 is 0 Å². The maximum absolute atomic E-state index is 8.29. The highest BCUT2D eigenvalue weighted by Gasteiger charge is 1.80. The lowest BCUT2D eigenvalue weighted by molar-refractivity contribution is 0.283. The monoisotopic (exact) mass is 186 g/mol. The number of thiophene rings is 1. The lowest BCUT2D eigenvalue weighted by Crippen LogP contribution is -1.80. The van der Waals surface area contributed by atoms with Gasteiger partial charge in [-0.1, -0.05) is 38.3 Å². The molecule has 0 bridgehead atoms. The molecule has 1 N–H and O–H groups in total. The van der Waals surface area contributed by atoms with E-state index < -0.39 is 0 Å². The Hall–Kier alpha value is -0.340. The molecule has 12 heavy (non-hydrogen) atoms. The van der Waals surface area contributed by atoms with Gasteiger partial charge in [-0.25, -0.2) is 0 Å². The van der Waals surface area contributed by atoms with Crippen molar-refractivity contribution < 1.29 is 5.11 Å². The SMILES string of the molecule is CCCCCCO.c1ccsc1. The molecule has 1 rings (SSSR count). The number of hydrogen-bond donors (Lipinski definition) is 1. The van der Waals surface area contributed by atoms with Crippen LogP contribution in [0.3, 0.4) is 0 Å². The van der Waals surface area contributed by atoms with Crippen molar-refractivity contribution in [3.63, 3.8) is 0 Å². The first-order chi connectivity index (χ1) is 5.91. The van der Waals surface area contributed by atoms with E-state index in [0.717, 1.165) is 6.42 Å². The summed E-state index contributed by atoms with van der Waals surface area (Å²) in [5, 5.41) is 12.4. The van der Waals surface area contributed by atoms with E-state index in [0.29, 0.717) is 6.61 Å². The maximum atomic E-state index is 8.29. The van der Waals surface area contributed by atoms with Crippen LogP contribution in [0.15, 0.2) is 22.9 Å². The number of unbranched alkanes of at least 4 members (excludes halogenated alkanes) is 3. The van der Waals surface area contributed by atoms with Crippen LogP contribution in [0.4, 0.5) is 0 Å². The van der Waals surface area contributed by atoms with Crippen molar-refractivity contribution in [2.24, 2.45) is 0 Å². The first-order valence-corrected chi connectivity index (χ1v) is 5.44. The summed E-state index contributed by atoms with van der Waals surface area (Å²) in [6.07, 6.45) is 4.68. The number of aliphatic hydroxyl groups excluding tert-OH is 1. The molecule has 0 amide bonds. The van der Waals surface area contributed by atoms with Gasteiger partial charge in [-0.15, -0.1) is 0 Å². The van der Waals surface area contributed by atoms with Crippen LogP contribution in [-0.2, 0) is 0 Å². The molecule has 0 spiro atoms. The van der Waals surface area contributed by atoms with Crippen LogP contribution in [-0.4, -0.2) is 11.7 Å². The standard InChI is InChI=1S/C6H14O.C4H4S/c1-2-3-4-5-6-7;1-2-4-5-3-1/h7H,2-6H2,1H3;1-4H. The van der Waals surface area contributed by atoms with Crippen molar-refractivity contribution in [3.8, 4) is 0 Å². The Morgan fingerprint density at radius 3 is 2.08 bits per heavy atom. The van der Waals surface area contributed by atoms with E-state index >= 15 is 0 Å². The summed E-state index contributed by atoms with van der Waals surface area (Å²) in [7, 11) is 0. The van der Waals surface area contributed by atoms with E-state index in [4.69, 9.17) is 5.11 Å². The van der Waals surface area contributed by atoms with Crippen molar-refractivity contribution in [2.75, 3.05) is 6.61 Å². The highest BCUT2D eigenvalue weighted by Crippen LogP contribution is 1.96. The van der Waals surface area contributed by atoms with E-state index in [1.807, 2.05) is 22.9 Å². The molecule has 0 aliphatic heterocycles. The fourth-order valence-electron chi connectivity index (χ4n) is 0.765. The van der Waals surface area contributed by atoms with E-state index in [2.05, 4.69) is 6.92 Å². The molecule has 1 nitrogen and oxygen atoms in total. The Morgan fingerprint density at radius 1 is 1.08 bits per heavy atom. The highest BCUT2D eigenvalue weighted by molar-refractivity contribution is 7.07. The molecule has 1 aromatic heterocycles. The van der Waals surface area contributed by atoms with Gasteiger partial charge in [-0.2, -0.15) is 11.3 Å². The molecule has 70 valence electrons. The average molecular weight is 186 g/mol. The van der Waals surface area contributed by atoms with Gasteiger partial charge in [0.15, 0.2) is 0 Å². The molecule has 0 fully saturated rings. The predicted octanol–water partition coefficient (Wildman–Crippen LogP) is 3.31. The summed E-state index contributed by atoms with van der Waals surface area (Å²) >= 11 is 1.71. The van der Waals surface area contributed by atoms with E-state index in [1.165, 1.54) is 19.3 Å². The summed E-state index contributed by atoms with van der Waals surface area (Å²) in [6, 6.07) is 4.04. The molecule has 0 saturated carbocycles. The van der Waals surface area contributed by atoms with Gasteiger partial charge in [-0.05, 0) is 17.2 Å². The molecule has 1 aromatic rings. The molecule has 2 heteroatoms. The van der Waals surface area contributed by atoms with Crippen molar-refractivity contribution >= 4 is 11.3 Å². The predicted molar refractivity (Wildman–Crippen MR) is 55.5 cm³/mol. The van der Waals surface area contributed by atoms with Crippen LogP contribution in [0.5, 0.6) is 0 Å². The summed E-state index contributed by atoms with van der Waals surface area (Å²) in [4.78, 5) is 0. The van der Waals surface area contributed by atoms with Gasteiger partial charge in [0.1, 0.15) is 0 Å². The molecule has 0 saturated heterocycles. The lowest BCUT2D eigenvalue weighted by atomic mass is 10.2. The fourth-order valence-corrected chi connectivity index (χ4v) is 1.22. The number of hydrogen-bond acceptors (Lipinski definition) is 2.